The van der Waals surface area contributed by atoms with E-state index in [9.17, 15) is 9.90 Å². The summed E-state index contributed by atoms with van der Waals surface area (Å²) in [6, 6.07) is 12.8. The van der Waals surface area contributed by atoms with Crippen LogP contribution in [0.1, 0.15) is 27.6 Å². The predicted molar refractivity (Wildman–Crippen MR) is 135 cm³/mol. The summed E-state index contributed by atoms with van der Waals surface area (Å²) in [5.41, 5.74) is 6.06. The van der Waals surface area contributed by atoms with Crippen LogP contribution in [0, 0.1) is 20.8 Å². The van der Waals surface area contributed by atoms with Gasteiger partial charge in [0.05, 0.1) is 46.1 Å². The molecule has 9 heteroatoms. The van der Waals surface area contributed by atoms with Gasteiger partial charge in [-0.1, -0.05) is 35.5 Å². The SMILES string of the molecule is COc1nc2c(cc1-c1c(C)noc1C)[nH]c1nc(C)nc(-c3ccc(C(=O)O)c4ccccc34)c12. The molecule has 0 aliphatic heterocycles. The van der Waals surface area contributed by atoms with Crippen LogP contribution in [-0.4, -0.2) is 43.3 Å². The van der Waals surface area contributed by atoms with Gasteiger partial charge in [0.25, 0.3) is 0 Å². The highest BCUT2D eigenvalue weighted by Crippen LogP contribution is 2.40. The lowest BCUT2D eigenvalue weighted by molar-refractivity contribution is 0.0699. The third-order valence-corrected chi connectivity index (χ3v) is 6.40. The highest BCUT2D eigenvalue weighted by molar-refractivity contribution is 6.15. The molecule has 4 heterocycles. The van der Waals surface area contributed by atoms with Gasteiger partial charge >= 0.3 is 5.97 Å². The van der Waals surface area contributed by atoms with E-state index in [1.54, 1.807) is 25.3 Å². The van der Waals surface area contributed by atoms with Gasteiger partial charge in [0.2, 0.25) is 5.88 Å². The molecule has 2 N–H and O–H groups in total. The Morgan fingerprint density at radius 2 is 1.78 bits per heavy atom. The number of nitrogens with one attached hydrogen (secondary N) is 1. The van der Waals surface area contributed by atoms with Crippen LogP contribution in [-0.2, 0) is 0 Å². The van der Waals surface area contributed by atoms with E-state index in [4.69, 9.17) is 19.2 Å². The smallest absolute Gasteiger partial charge is 0.336 e. The average molecular weight is 479 g/mol. The van der Waals surface area contributed by atoms with Crippen LogP contribution in [0.25, 0.3) is 55.2 Å². The number of carbonyl (C=O) groups is 1. The van der Waals surface area contributed by atoms with Crippen LogP contribution in [0.4, 0.5) is 0 Å². The summed E-state index contributed by atoms with van der Waals surface area (Å²) in [5.74, 6) is 0.695. The minimum Gasteiger partial charge on any atom is -0.481 e. The average Bonchev–Trinajstić information content (AvgIpc) is 3.39. The third kappa shape index (κ3) is 3.13. The summed E-state index contributed by atoms with van der Waals surface area (Å²) >= 11 is 0. The van der Waals surface area contributed by atoms with E-state index in [2.05, 4.69) is 15.1 Å². The van der Waals surface area contributed by atoms with E-state index < -0.39 is 5.97 Å². The van der Waals surface area contributed by atoms with E-state index >= 15 is 0 Å². The first kappa shape index (κ1) is 21.7. The largest absolute Gasteiger partial charge is 0.481 e. The number of methoxy groups -OCH3 is 1. The minimum absolute atomic E-state index is 0.235. The van der Waals surface area contributed by atoms with Crippen molar-refractivity contribution >= 4 is 38.8 Å². The molecule has 178 valence electrons. The Labute approximate surface area is 204 Å². The molecule has 4 aromatic heterocycles. The summed E-state index contributed by atoms with van der Waals surface area (Å²) in [4.78, 5) is 29.5. The van der Waals surface area contributed by atoms with Crippen molar-refractivity contribution in [3.63, 3.8) is 0 Å². The highest BCUT2D eigenvalue weighted by atomic mass is 16.5. The molecule has 0 amide bonds. The fourth-order valence-electron chi connectivity index (χ4n) is 4.89. The molecule has 6 aromatic rings. The number of rotatable bonds is 4. The van der Waals surface area contributed by atoms with Gasteiger partial charge in [-0.25, -0.2) is 19.7 Å². The number of H-pyrrole nitrogens is 1. The fourth-order valence-corrected chi connectivity index (χ4v) is 4.89. The summed E-state index contributed by atoms with van der Waals surface area (Å²) < 4.78 is 11.1. The number of hydrogen-bond donors (Lipinski definition) is 2. The van der Waals surface area contributed by atoms with Gasteiger partial charge in [0.1, 0.15) is 22.7 Å². The molecule has 0 radical (unpaired) electrons. The quantitative estimate of drug-likeness (QED) is 0.334. The van der Waals surface area contributed by atoms with Crippen molar-refractivity contribution in [3.05, 3.63) is 65.3 Å². The fraction of sp³-hybridized carbons (Fsp3) is 0.148. The Kier molecular flexibility index (Phi) is 4.75. The van der Waals surface area contributed by atoms with E-state index in [0.29, 0.717) is 39.7 Å². The standard InChI is InChI=1S/C27H21N5O4/c1-12-21(13(2)36-32-12)19-11-20-24(31-26(19)35-4)22-23(28-14(3)29-25(22)30-20)17-9-10-18(27(33)34)16-8-6-5-7-15(16)17/h5-11H,1-4H3,(H,33,34)(H,28,29,30). The number of pyridine rings is 1. The second-order valence-electron chi connectivity index (χ2n) is 8.62. The van der Waals surface area contributed by atoms with Crippen LogP contribution < -0.4 is 4.74 Å². The van der Waals surface area contributed by atoms with Crippen molar-refractivity contribution in [3.8, 4) is 28.3 Å². The molecule has 0 saturated heterocycles. The zero-order valence-electron chi connectivity index (χ0n) is 20.0. The molecule has 2 aromatic carbocycles. The van der Waals surface area contributed by atoms with Crippen molar-refractivity contribution in [1.29, 1.82) is 0 Å². The number of carboxylic acid groups (broad SMARTS) is 1. The highest BCUT2D eigenvalue weighted by Gasteiger charge is 2.23. The lowest BCUT2D eigenvalue weighted by Crippen LogP contribution is -1.99. The molecule has 0 aliphatic carbocycles. The number of ether oxygens (including phenoxy) is 1. The molecule has 0 atom stereocenters. The summed E-state index contributed by atoms with van der Waals surface area (Å²) in [6.07, 6.45) is 0. The molecule has 0 unspecified atom stereocenters. The van der Waals surface area contributed by atoms with E-state index in [0.717, 1.165) is 38.7 Å². The number of hydrogen-bond acceptors (Lipinski definition) is 7. The molecule has 0 aliphatic rings. The number of aromatic nitrogens is 5. The monoisotopic (exact) mass is 479 g/mol. The number of aromatic amines is 1. The topological polar surface area (TPSA) is 127 Å². The lowest BCUT2D eigenvalue weighted by Gasteiger charge is -2.11. The second-order valence-corrected chi connectivity index (χ2v) is 8.62. The second kappa shape index (κ2) is 7.88. The van der Waals surface area contributed by atoms with Crippen molar-refractivity contribution < 1.29 is 19.2 Å². The molecule has 0 spiro atoms. The lowest BCUT2D eigenvalue weighted by atomic mass is 9.96. The number of aromatic carboxylic acids is 1. The maximum absolute atomic E-state index is 11.8. The number of aryl methyl sites for hydroxylation is 3. The van der Waals surface area contributed by atoms with Gasteiger partial charge in [-0.15, -0.1) is 0 Å². The van der Waals surface area contributed by atoms with Crippen molar-refractivity contribution in [1.82, 2.24) is 25.1 Å². The first-order valence-corrected chi connectivity index (χ1v) is 11.3. The van der Waals surface area contributed by atoms with Gasteiger partial charge < -0.3 is 19.4 Å². The maximum atomic E-state index is 11.8. The molecule has 36 heavy (non-hydrogen) atoms. The Balaban J connectivity index is 1.70. The van der Waals surface area contributed by atoms with Gasteiger partial charge in [0, 0.05) is 5.56 Å². The van der Waals surface area contributed by atoms with Crippen LogP contribution in [0.15, 0.2) is 47.0 Å². The van der Waals surface area contributed by atoms with Crippen LogP contribution in [0.2, 0.25) is 0 Å². The molecular formula is C27H21N5O4. The molecule has 0 saturated carbocycles. The van der Waals surface area contributed by atoms with Crippen LogP contribution in [0.5, 0.6) is 5.88 Å². The number of benzene rings is 2. The van der Waals surface area contributed by atoms with E-state index in [-0.39, 0.29) is 5.56 Å². The maximum Gasteiger partial charge on any atom is 0.336 e. The van der Waals surface area contributed by atoms with E-state index in [1.807, 2.05) is 45.0 Å². The first-order valence-electron chi connectivity index (χ1n) is 11.3. The van der Waals surface area contributed by atoms with Crippen LogP contribution in [0.3, 0.4) is 0 Å². The zero-order valence-corrected chi connectivity index (χ0v) is 20.0. The van der Waals surface area contributed by atoms with Crippen molar-refractivity contribution in [2.24, 2.45) is 0 Å². The molecule has 0 fully saturated rings. The van der Waals surface area contributed by atoms with E-state index in [1.165, 1.54) is 0 Å². The third-order valence-electron chi connectivity index (χ3n) is 6.40. The Morgan fingerprint density at radius 3 is 2.47 bits per heavy atom. The Hall–Kier alpha value is -4.79. The number of fused-ring (bicyclic) bond motifs is 4. The van der Waals surface area contributed by atoms with Crippen molar-refractivity contribution in [2.45, 2.75) is 20.8 Å². The number of carboxylic acids is 1. The number of nitrogens with zero attached hydrogens (tertiary/aromatic N) is 4. The molecule has 0 bridgehead atoms. The molecular weight excluding hydrogens is 458 g/mol. The molecule has 9 nitrogen and oxygen atoms in total. The summed E-state index contributed by atoms with van der Waals surface area (Å²) in [7, 11) is 1.57. The molecule has 6 rings (SSSR count). The van der Waals surface area contributed by atoms with Crippen LogP contribution >= 0.6 is 0 Å². The van der Waals surface area contributed by atoms with Crippen molar-refractivity contribution in [2.75, 3.05) is 7.11 Å². The first-order chi connectivity index (χ1) is 17.4. The normalized spacial score (nSPS) is 11.6. The zero-order chi connectivity index (χ0) is 25.1. The van der Waals surface area contributed by atoms with Gasteiger partial charge in [-0.3, -0.25) is 0 Å². The summed E-state index contributed by atoms with van der Waals surface area (Å²) in [5, 5.41) is 15.9. The van der Waals surface area contributed by atoms with Gasteiger partial charge in [0.15, 0.2) is 0 Å². The van der Waals surface area contributed by atoms with Gasteiger partial charge in [-0.05, 0) is 43.7 Å². The predicted octanol–water partition coefficient (Wildman–Crippen LogP) is 5.61. The summed E-state index contributed by atoms with van der Waals surface area (Å²) in [6.45, 7) is 5.55. The Bertz CT molecular complexity index is 1830. The Morgan fingerprint density at radius 1 is 1.00 bits per heavy atom. The minimum atomic E-state index is -0.980. The van der Waals surface area contributed by atoms with Gasteiger partial charge in [-0.2, -0.15) is 0 Å².